The van der Waals surface area contributed by atoms with Gasteiger partial charge in [-0.3, -0.25) is 4.79 Å². The Bertz CT molecular complexity index is 672. The quantitative estimate of drug-likeness (QED) is 0.802. The maximum Gasteiger partial charge on any atom is 0.352 e. The number of rotatable bonds is 5. The first-order valence-electron chi connectivity index (χ1n) is 6.60. The van der Waals surface area contributed by atoms with E-state index in [2.05, 4.69) is 30.8 Å². The second-order valence-electron chi connectivity index (χ2n) is 4.45. The number of halogens is 1. The van der Waals surface area contributed by atoms with Crippen LogP contribution in [0.3, 0.4) is 0 Å². The number of nitrogens with one attached hydrogen (secondary N) is 1. The van der Waals surface area contributed by atoms with Gasteiger partial charge in [0.05, 0.1) is 5.69 Å². The van der Waals surface area contributed by atoms with E-state index in [1.807, 2.05) is 19.1 Å². The summed E-state index contributed by atoms with van der Waals surface area (Å²) in [5.41, 5.74) is 1.21. The molecule has 0 saturated carbocycles. The highest BCUT2D eigenvalue weighted by molar-refractivity contribution is 9.10. The van der Waals surface area contributed by atoms with Gasteiger partial charge in [0, 0.05) is 10.2 Å². The number of carbonyl (C=O) groups is 2. The van der Waals surface area contributed by atoms with E-state index in [9.17, 15) is 9.59 Å². The van der Waals surface area contributed by atoms with Crippen LogP contribution >= 0.6 is 27.5 Å². The third-order valence-electron chi connectivity index (χ3n) is 2.84. The molecule has 6 nitrogen and oxygen atoms in total. The van der Waals surface area contributed by atoms with Gasteiger partial charge in [-0.1, -0.05) is 27.3 Å². The Morgan fingerprint density at radius 1 is 1.36 bits per heavy atom. The Morgan fingerprint density at radius 2 is 2.05 bits per heavy atom. The van der Waals surface area contributed by atoms with Gasteiger partial charge in [0.1, 0.15) is 0 Å². The average molecular weight is 384 g/mol. The Kier molecular flexibility index (Phi) is 5.62. The van der Waals surface area contributed by atoms with Crippen LogP contribution < -0.4 is 5.32 Å². The number of hydrogen-bond acceptors (Lipinski definition) is 6. The van der Waals surface area contributed by atoms with Crippen molar-refractivity contribution in [2.75, 3.05) is 5.32 Å². The number of anilines is 1. The normalized spacial score (nSPS) is 11.8. The zero-order valence-electron chi connectivity index (χ0n) is 12.0. The number of ether oxygens (including phenoxy) is 1. The monoisotopic (exact) mass is 383 g/mol. The van der Waals surface area contributed by atoms with E-state index < -0.39 is 18.0 Å². The molecule has 0 radical (unpaired) electrons. The SMILES string of the molecule is CCc1nnsc1C(=O)O[C@@H](C)C(=O)Nc1ccc(Br)cc1. The van der Waals surface area contributed by atoms with E-state index in [4.69, 9.17) is 4.74 Å². The number of benzene rings is 1. The topological polar surface area (TPSA) is 81.2 Å². The molecule has 0 aliphatic carbocycles. The first-order valence-corrected chi connectivity index (χ1v) is 8.16. The van der Waals surface area contributed by atoms with Crippen molar-refractivity contribution in [2.24, 2.45) is 0 Å². The first kappa shape index (κ1) is 16.6. The molecule has 1 aromatic carbocycles. The zero-order chi connectivity index (χ0) is 16.1. The molecule has 22 heavy (non-hydrogen) atoms. The predicted molar refractivity (Wildman–Crippen MR) is 86.9 cm³/mol. The number of carbonyl (C=O) groups excluding carboxylic acids is 2. The van der Waals surface area contributed by atoms with Crippen LogP contribution in [0, 0.1) is 0 Å². The van der Waals surface area contributed by atoms with Crippen LogP contribution in [-0.2, 0) is 16.0 Å². The molecule has 8 heteroatoms. The lowest BCUT2D eigenvalue weighted by Gasteiger charge is -2.13. The van der Waals surface area contributed by atoms with Crippen molar-refractivity contribution in [3.05, 3.63) is 39.3 Å². The van der Waals surface area contributed by atoms with Crippen LogP contribution in [0.5, 0.6) is 0 Å². The van der Waals surface area contributed by atoms with E-state index >= 15 is 0 Å². The second kappa shape index (κ2) is 7.46. The largest absolute Gasteiger partial charge is 0.448 e. The molecule has 1 amide bonds. The van der Waals surface area contributed by atoms with Crippen molar-refractivity contribution in [1.82, 2.24) is 9.59 Å². The van der Waals surface area contributed by atoms with Gasteiger partial charge >= 0.3 is 5.97 Å². The fourth-order valence-electron chi connectivity index (χ4n) is 1.64. The minimum atomic E-state index is -0.914. The first-order chi connectivity index (χ1) is 10.5. The Balaban J connectivity index is 1.96. The lowest BCUT2D eigenvalue weighted by molar-refractivity contribution is -0.123. The van der Waals surface area contributed by atoms with Crippen molar-refractivity contribution >= 4 is 45.0 Å². The van der Waals surface area contributed by atoms with Crippen molar-refractivity contribution in [1.29, 1.82) is 0 Å². The van der Waals surface area contributed by atoms with E-state index in [1.165, 1.54) is 6.92 Å². The Hall–Kier alpha value is -1.80. The van der Waals surface area contributed by atoms with Gasteiger partial charge in [-0.15, -0.1) is 5.10 Å². The summed E-state index contributed by atoms with van der Waals surface area (Å²) in [6.07, 6.45) is -0.330. The van der Waals surface area contributed by atoms with Gasteiger partial charge in [0.2, 0.25) is 0 Å². The van der Waals surface area contributed by atoms with Crippen LogP contribution in [-0.4, -0.2) is 27.6 Å². The number of hydrogen-bond donors (Lipinski definition) is 1. The Morgan fingerprint density at radius 3 is 2.68 bits per heavy atom. The highest BCUT2D eigenvalue weighted by Gasteiger charge is 2.22. The fraction of sp³-hybridized carbons (Fsp3) is 0.286. The van der Waals surface area contributed by atoms with Crippen molar-refractivity contribution in [3.63, 3.8) is 0 Å². The van der Waals surface area contributed by atoms with Crippen molar-refractivity contribution in [3.8, 4) is 0 Å². The molecule has 1 N–H and O–H groups in total. The van der Waals surface area contributed by atoms with Gasteiger partial charge in [0.15, 0.2) is 11.0 Å². The average Bonchev–Trinajstić information content (AvgIpc) is 2.98. The maximum absolute atomic E-state index is 12.0. The molecule has 1 atom stereocenters. The minimum Gasteiger partial charge on any atom is -0.448 e. The van der Waals surface area contributed by atoms with Gasteiger partial charge < -0.3 is 10.1 Å². The molecule has 0 saturated heterocycles. The summed E-state index contributed by atoms with van der Waals surface area (Å²) in [6, 6.07) is 7.11. The van der Waals surface area contributed by atoms with Crippen LogP contribution in [0.25, 0.3) is 0 Å². The lowest BCUT2D eigenvalue weighted by Crippen LogP contribution is -2.30. The van der Waals surface area contributed by atoms with E-state index in [1.54, 1.807) is 12.1 Å². The molecule has 1 aromatic heterocycles. The molecule has 0 aliphatic rings. The standard InChI is InChI=1S/C14H14BrN3O3S/c1-3-11-12(22-18-17-11)14(20)21-8(2)13(19)16-10-6-4-9(15)5-7-10/h4-8H,3H2,1-2H3,(H,16,19)/t8-/m0/s1. The predicted octanol–water partition coefficient (Wildman–Crippen LogP) is 3.05. The molecule has 116 valence electrons. The van der Waals surface area contributed by atoms with Crippen LogP contribution in [0.15, 0.2) is 28.7 Å². The molecular formula is C14H14BrN3O3S. The summed E-state index contributed by atoms with van der Waals surface area (Å²) < 4.78 is 9.80. The summed E-state index contributed by atoms with van der Waals surface area (Å²) in [7, 11) is 0. The third-order valence-corrected chi connectivity index (χ3v) is 4.12. The molecule has 0 unspecified atom stereocenters. The molecule has 2 rings (SSSR count). The molecular weight excluding hydrogens is 370 g/mol. The molecule has 2 aromatic rings. The van der Waals surface area contributed by atoms with E-state index in [0.717, 1.165) is 16.0 Å². The minimum absolute atomic E-state index is 0.339. The highest BCUT2D eigenvalue weighted by atomic mass is 79.9. The number of aromatic nitrogens is 2. The van der Waals surface area contributed by atoms with Crippen LogP contribution in [0.4, 0.5) is 5.69 Å². The van der Waals surface area contributed by atoms with E-state index in [-0.39, 0.29) is 0 Å². The van der Waals surface area contributed by atoms with Crippen molar-refractivity contribution in [2.45, 2.75) is 26.4 Å². The van der Waals surface area contributed by atoms with Gasteiger partial charge in [-0.05, 0) is 49.1 Å². The lowest BCUT2D eigenvalue weighted by atomic mass is 10.3. The Labute approximate surface area is 140 Å². The van der Waals surface area contributed by atoms with Gasteiger partial charge in [0.25, 0.3) is 5.91 Å². The molecule has 0 fully saturated rings. The smallest absolute Gasteiger partial charge is 0.352 e. The fourth-order valence-corrected chi connectivity index (χ4v) is 2.54. The highest BCUT2D eigenvalue weighted by Crippen LogP contribution is 2.16. The number of nitrogens with zero attached hydrogens (tertiary/aromatic N) is 2. The summed E-state index contributed by atoms with van der Waals surface area (Å²) in [6.45, 7) is 3.39. The van der Waals surface area contributed by atoms with Gasteiger partial charge in [-0.2, -0.15) is 0 Å². The third kappa shape index (κ3) is 4.11. The summed E-state index contributed by atoms with van der Waals surface area (Å²) in [4.78, 5) is 24.4. The maximum atomic E-state index is 12.0. The summed E-state index contributed by atoms with van der Waals surface area (Å²) >= 11 is 4.29. The number of esters is 1. The summed E-state index contributed by atoms with van der Waals surface area (Å²) in [5, 5.41) is 6.53. The molecule has 1 heterocycles. The molecule has 0 aliphatic heterocycles. The molecule has 0 spiro atoms. The van der Waals surface area contributed by atoms with Crippen LogP contribution in [0.2, 0.25) is 0 Å². The number of amides is 1. The van der Waals surface area contributed by atoms with Crippen molar-refractivity contribution < 1.29 is 14.3 Å². The van der Waals surface area contributed by atoms with E-state index in [0.29, 0.717) is 22.7 Å². The zero-order valence-corrected chi connectivity index (χ0v) is 14.4. The summed E-state index contributed by atoms with van der Waals surface area (Å²) in [5.74, 6) is -0.975. The number of aryl methyl sites for hydroxylation is 1. The van der Waals surface area contributed by atoms with Crippen LogP contribution in [0.1, 0.15) is 29.2 Å². The van der Waals surface area contributed by atoms with Gasteiger partial charge in [-0.25, -0.2) is 4.79 Å². The second-order valence-corrected chi connectivity index (χ2v) is 6.12. The molecule has 0 bridgehead atoms.